The highest BCUT2D eigenvalue weighted by Gasteiger charge is 2.34. The second-order valence-electron chi connectivity index (χ2n) is 3.24. The number of hydrogen-bond acceptors (Lipinski definition) is 4. The van der Waals surface area contributed by atoms with Crippen LogP contribution in [0.3, 0.4) is 0 Å². The van der Waals surface area contributed by atoms with E-state index in [1.165, 1.54) is 13.4 Å². The summed E-state index contributed by atoms with van der Waals surface area (Å²) in [4.78, 5) is 23.0. The van der Waals surface area contributed by atoms with Crippen LogP contribution < -0.4 is 0 Å². The molecule has 0 bridgehead atoms. The van der Waals surface area contributed by atoms with E-state index >= 15 is 0 Å². The van der Waals surface area contributed by atoms with Crippen molar-refractivity contribution in [2.24, 2.45) is 5.92 Å². The summed E-state index contributed by atoms with van der Waals surface area (Å²) in [6.45, 7) is 0. The van der Waals surface area contributed by atoms with Gasteiger partial charge in [-0.1, -0.05) is 0 Å². The molecule has 1 atom stereocenters. The molecule has 0 unspecified atom stereocenters. The molecule has 4 nitrogen and oxygen atoms in total. The summed E-state index contributed by atoms with van der Waals surface area (Å²) in [5.74, 6) is -0.617. The van der Waals surface area contributed by atoms with Crippen molar-refractivity contribution < 1.29 is 18.7 Å². The molecule has 0 N–H and O–H groups in total. The maximum absolute atomic E-state index is 11.7. The average molecular weight is 194 g/mol. The molecule has 14 heavy (non-hydrogen) atoms. The van der Waals surface area contributed by atoms with E-state index in [1.54, 1.807) is 6.07 Å². The maximum atomic E-state index is 11.7. The summed E-state index contributed by atoms with van der Waals surface area (Å²) in [5, 5.41) is 0. The van der Waals surface area contributed by atoms with Crippen molar-refractivity contribution in [2.45, 2.75) is 12.8 Å². The van der Waals surface area contributed by atoms with Crippen molar-refractivity contribution in [2.75, 3.05) is 7.11 Å². The number of ether oxygens (including phenoxy) is 1. The number of Topliss-reactive ketones (excluding diaryl/α,β-unsaturated/α-hetero) is 1. The van der Waals surface area contributed by atoms with Crippen LogP contribution in [0.5, 0.6) is 0 Å². The number of aryl methyl sites for hydroxylation is 1. The highest BCUT2D eigenvalue weighted by atomic mass is 16.5. The van der Waals surface area contributed by atoms with Gasteiger partial charge < -0.3 is 9.15 Å². The van der Waals surface area contributed by atoms with Crippen LogP contribution in [0.15, 0.2) is 16.7 Å². The first-order valence-corrected chi connectivity index (χ1v) is 4.42. The SMILES string of the molecule is COC(=O)[C@@H]1CCc2occc2C1=O. The van der Waals surface area contributed by atoms with Gasteiger partial charge in [-0.3, -0.25) is 9.59 Å². The summed E-state index contributed by atoms with van der Waals surface area (Å²) in [6.07, 6.45) is 2.57. The Bertz CT molecular complexity index is 377. The Balaban J connectivity index is 2.30. The lowest BCUT2D eigenvalue weighted by Crippen LogP contribution is -2.29. The van der Waals surface area contributed by atoms with E-state index < -0.39 is 11.9 Å². The van der Waals surface area contributed by atoms with E-state index in [4.69, 9.17) is 4.42 Å². The number of fused-ring (bicyclic) bond motifs is 1. The first-order chi connectivity index (χ1) is 6.74. The molecule has 1 heterocycles. The van der Waals surface area contributed by atoms with Gasteiger partial charge in [-0.25, -0.2) is 0 Å². The second kappa shape index (κ2) is 3.29. The molecule has 0 saturated carbocycles. The lowest BCUT2D eigenvalue weighted by atomic mass is 9.87. The summed E-state index contributed by atoms with van der Waals surface area (Å²) < 4.78 is 9.68. The molecule has 0 radical (unpaired) electrons. The smallest absolute Gasteiger partial charge is 0.316 e. The Morgan fingerprint density at radius 3 is 3.14 bits per heavy atom. The average Bonchev–Trinajstić information content (AvgIpc) is 2.66. The maximum Gasteiger partial charge on any atom is 0.316 e. The largest absolute Gasteiger partial charge is 0.469 e. The monoisotopic (exact) mass is 194 g/mol. The molecule has 1 aliphatic carbocycles. The van der Waals surface area contributed by atoms with E-state index in [9.17, 15) is 9.59 Å². The Labute approximate surface area is 80.8 Å². The van der Waals surface area contributed by atoms with Crippen molar-refractivity contribution in [1.82, 2.24) is 0 Å². The van der Waals surface area contributed by atoms with Crippen LogP contribution in [0.4, 0.5) is 0 Å². The lowest BCUT2D eigenvalue weighted by molar-refractivity contribution is -0.143. The number of hydrogen-bond donors (Lipinski definition) is 0. The third-order valence-electron chi connectivity index (χ3n) is 2.47. The first-order valence-electron chi connectivity index (χ1n) is 4.42. The van der Waals surface area contributed by atoms with Crippen molar-refractivity contribution in [1.29, 1.82) is 0 Å². The quantitative estimate of drug-likeness (QED) is 0.498. The molecule has 1 aromatic heterocycles. The lowest BCUT2D eigenvalue weighted by Gasteiger charge is -2.17. The fourth-order valence-electron chi connectivity index (χ4n) is 1.72. The molecule has 0 fully saturated rings. The summed E-state index contributed by atoms with van der Waals surface area (Å²) in [7, 11) is 1.29. The highest BCUT2D eigenvalue weighted by Crippen LogP contribution is 2.26. The van der Waals surface area contributed by atoms with Crippen LogP contribution in [-0.2, 0) is 16.0 Å². The van der Waals surface area contributed by atoms with Crippen LogP contribution in [-0.4, -0.2) is 18.9 Å². The van der Waals surface area contributed by atoms with Crippen LogP contribution >= 0.6 is 0 Å². The molecule has 1 aliphatic rings. The van der Waals surface area contributed by atoms with Crippen molar-refractivity contribution >= 4 is 11.8 Å². The Hall–Kier alpha value is -1.58. The van der Waals surface area contributed by atoms with Crippen LogP contribution in [0.2, 0.25) is 0 Å². The van der Waals surface area contributed by atoms with Crippen LogP contribution in [0, 0.1) is 5.92 Å². The fraction of sp³-hybridized carbons (Fsp3) is 0.400. The first kappa shape index (κ1) is 8.99. The van der Waals surface area contributed by atoms with Crippen molar-refractivity contribution in [3.63, 3.8) is 0 Å². The van der Waals surface area contributed by atoms with E-state index in [2.05, 4.69) is 4.74 Å². The number of methoxy groups -OCH3 is 1. The Morgan fingerprint density at radius 2 is 2.43 bits per heavy atom. The zero-order valence-corrected chi connectivity index (χ0v) is 7.78. The van der Waals surface area contributed by atoms with Gasteiger partial charge >= 0.3 is 5.97 Å². The fourth-order valence-corrected chi connectivity index (χ4v) is 1.72. The summed E-state index contributed by atoms with van der Waals surface area (Å²) in [6, 6.07) is 1.60. The number of carbonyl (C=O) groups excluding carboxylic acids is 2. The zero-order chi connectivity index (χ0) is 10.1. The van der Waals surface area contributed by atoms with E-state index in [-0.39, 0.29) is 5.78 Å². The minimum atomic E-state index is -0.648. The zero-order valence-electron chi connectivity index (χ0n) is 7.78. The number of esters is 1. The number of carbonyl (C=O) groups is 2. The highest BCUT2D eigenvalue weighted by molar-refractivity contribution is 6.09. The minimum Gasteiger partial charge on any atom is -0.469 e. The molecule has 0 aliphatic heterocycles. The van der Waals surface area contributed by atoms with E-state index in [1.807, 2.05) is 0 Å². The molecular formula is C10H10O4. The van der Waals surface area contributed by atoms with E-state index in [0.717, 1.165) is 0 Å². The predicted molar refractivity (Wildman–Crippen MR) is 46.9 cm³/mol. The van der Waals surface area contributed by atoms with Gasteiger partial charge in [0.15, 0.2) is 5.78 Å². The third kappa shape index (κ3) is 1.23. The predicted octanol–water partition coefficient (Wildman–Crippen LogP) is 1.20. The van der Waals surface area contributed by atoms with Gasteiger partial charge in [-0.15, -0.1) is 0 Å². The second-order valence-corrected chi connectivity index (χ2v) is 3.24. The van der Waals surface area contributed by atoms with Gasteiger partial charge in [0.1, 0.15) is 11.7 Å². The standard InChI is InChI=1S/C10H10O4/c1-13-10(12)7-2-3-8-6(9(7)11)4-5-14-8/h4-5,7H,2-3H2,1H3/t7-/m1/s1. The van der Waals surface area contributed by atoms with Crippen molar-refractivity contribution in [3.05, 3.63) is 23.7 Å². The van der Waals surface area contributed by atoms with E-state index in [0.29, 0.717) is 24.2 Å². The molecular weight excluding hydrogens is 184 g/mol. The van der Waals surface area contributed by atoms with Gasteiger partial charge in [-0.2, -0.15) is 0 Å². The van der Waals surface area contributed by atoms with Crippen molar-refractivity contribution in [3.8, 4) is 0 Å². The number of rotatable bonds is 1. The van der Waals surface area contributed by atoms with Gasteiger partial charge in [0, 0.05) is 6.42 Å². The molecule has 2 rings (SSSR count). The number of ketones is 1. The normalized spacial score (nSPS) is 20.4. The Kier molecular flexibility index (Phi) is 2.11. The molecule has 0 saturated heterocycles. The summed E-state index contributed by atoms with van der Waals surface area (Å²) in [5.41, 5.74) is 0.520. The number of furan rings is 1. The van der Waals surface area contributed by atoms with Gasteiger partial charge in [0.2, 0.25) is 0 Å². The van der Waals surface area contributed by atoms with Gasteiger partial charge in [0.05, 0.1) is 18.9 Å². The van der Waals surface area contributed by atoms with Crippen LogP contribution in [0.1, 0.15) is 22.5 Å². The molecule has 1 aromatic rings. The molecule has 0 amide bonds. The topological polar surface area (TPSA) is 56.5 Å². The molecule has 0 aromatic carbocycles. The Morgan fingerprint density at radius 1 is 1.64 bits per heavy atom. The third-order valence-corrected chi connectivity index (χ3v) is 2.47. The molecule has 0 spiro atoms. The summed E-state index contributed by atoms with van der Waals surface area (Å²) >= 11 is 0. The minimum absolute atomic E-state index is 0.188. The molecule has 74 valence electrons. The molecule has 4 heteroatoms. The van der Waals surface area contributed by atoms with Crippen LogP contribution in [0.25, 0.3) is 0 Å². The van der Waals surface area contributed by atoms with Gasteiger partial charge in [-0.05, 0) is 12.5 Å². The van der Waals surface area contributed by atoms with Gasteiger partial charge in [0.25, 0.3) is 0 Å².